The maximum absolute atomic E-state index is 4.82. The SMILES string of the molecule is C1=C\C=C/OOOCCCCCCC\C=C/1. The first-order valence-corrected chi connectivity index (χ1v) is 5.93. The Bertz CT molecular complexity index is 207. The molecule has 0 bridgehead atoms. The van der Waals surface area contributed by atoms with Crippen LogP contribution in [0, 0.1) is 0 Å². The number of allylic oxidation sites excluding steroid dienone is 5. The van der Waals surface area contributed by atoms with Gasteiger partial charge >= 0.3 is 0 Å². The fourth-order valence-corrected chi connectivity index (χ4v) is 1.42. The van der Waals surface area contributed by atoms with Crippen LogP contribution >= 0.6 is 0 Å². The average Bonchev–Trinajstić information content (AvgIpc) is 2.29. The zero-order valence-electron chi connectivity index (χ0n) is 9.64. The van der Waals surface area contributed by atoms with Gasteiger partial charge in [0.15, 0.2) is 0 Å². The molecule has 0 fully saturated rings. The maximum Gasteiger partial charge on any atom is 0.132 e. The first kappa shape index (κ1) is 13.0. The summed E-state index contributed by atoms with van der Waals surface area (Å²) in [7, 11) is 0. The second-order valence-corrected chi connectivity index (χ2v) is 3.68. The van der Waals surface area contributed by atoms with Gasteiger partial charge in [0.05, 0.1) is 6.61 Å². The van der Waals surface area contributed by atoms with Crippen LogP contribution in [0.4, 0.5) is 0 Å². The molecule has 1 heterocycles. The highest BCUT2D eigenvalue weighted by molar-refractivity contribution is 5.09. The quantitative estimate of drug-likeness (QED) is 0.585. The standard InChI is InChI=1S/C13H20O3/c1-2-4-6-8-10-12-14-16-15-13-11-9-7-5-3-1/h2,4,6,8,10,12H,1,3,5,7,9,11,13H2/b4-2-,8-6-,12-10-. The molecule has 0 aromatic heterocycles. The highest BCUT2D eigenvalue weighted by Gasteiger charge is 1.92. The molecule has 0 radical (unpaired) electrons. The lowest BCUT2D eigenvalue weighted by molar-refractivity contribution is -0.490. The van der Waals surface area contributed by atoms with Gasteiger partial charge in [-0.1, -0.05) is 43.6 Å². The molecular weight excluding hydrogens is 204 g/mol. The zero-order chi connectivity index (χ0) is 11.3. The molecule has 3 nitrogen and oxygen atoms in total. The normalized spacial score (nSPS) is 26.5. The van der Waals surface area contributed by atoms with E-state index in [4.69, 9.17) is 4.89 Å². The minimum atomic E-state index is 0.587. The second kappa shape index (κ2) is 10.5. The molecule has 0 saturated heterocycles. The van der Waals surface area contributed by atoms with Crippen molar-refractivity contribution in [2.24, 2.45) is 0 Å². The van der Waals surface area contributed by atoms with E-state index in [9.17, 15) is 0 Å². The summed E-state index contributed by atoms with van der Waals surface area (Å²) in [5.41, 5.74) is 0. The monoisotopic (exact) mass is 224 g/mol. The van der Waals surface area contributed by atoms with Crippen LogP contribution in [-0.2, 0) is 14.8 Å². The molecule has 3 heteroatoms. The van der Waals surface area contributed by atoms with Crippen molar-refractivity contribution in [2.75, 3.05) is 6.61 Å². The third-order valence-corrected chi connectivity index (χ3v) is 2.29. The highest BCUT2D eigenvalue weighted by atomic mass is 17.5. The van der Waals surface area contributed by atoms with Crippen LogP contribution in [0.3, 0.4) is 0 Å². The predicted octanol–water partition coefficient (Wildman–Crippen LogP) is 3.85. The largest absolute Gasteiger partial charge is 0.316 e. The summed E-state index contributed by atoms with van der Waals surface area (Å²) in [5, 5.41) is 4.50. The molecule has 0 amide bonds. The molecular formula is C13H20O3. The molecule has 0 aromatic rings. The zero-order valence-corrected chi connectivity index (χ0v) is 9.64. The molecule has 1 aliphatic rings. The highest BCUT2D eigenvalue weighted by Crippen LogP contribution is 2.06. The Morgan fingerprint density at radius 3 is 2.56 bits per heavy atom. The van der Waals surface area contributed by atoms with Gasteiger partial charge in [-0.2, -0.15) is 4.89 Å². The van der Waals surface area contributed by atoms with Gasteiger partial charge in [-0.05, 0) is 30.4 Å². The van der Waals surface area contributed by atoms with Crippen molar-refractivity contribution < 1.29 is 14.8 Å². The number of hydrogen-bond acceptors (Lipinski definition) is 3. The Balaban J connectivity index is 2.23. The Labute approximate surface area is 97.2 Å². The third-order valence-electron chi connectivity index (χ3n) is 2.29. The number of rotatable bonds is 0. The molecule has 0 unspecified atom stereocenters. The van der Waals surface area contributed by atoms with Crippen LogP contribution in [0.1, 0.15) is 38.5 Å². The second-order valence-electron chi connectivity index (χ2n) is 3.68. The smallest absolute Gasteiger partial charge is 0.132 e. The summed E-state index contributed by atoms with van der Waals surface area (Å²) in [6, 6.07) is 0. The fraction of sp³-hybridized carbons (Fsp3) is 0.538. The lowest BCUT2D eigenvalue weighted by Crippen LogP contribution is -1.95. The summed E-state index contributed by atoms with van der Waals surface area (Å²) >= 11 is 0. The van der Waals surface area contributed by atoms with Gasteiger partial charge in [0.1, 0.15) is 6.26 Å². The van der Waals surface area contributed by atoms with Gasteiger partial charge in [-0.3, -0.25) is 0 Å². The van der Waals surface area contributed by atoms with E-state index >= 15 is 0 Å². The van der Waals surface area contributed by atoms with Crippen molar-refractivity contribution in [3.05, 3.63) is 36.6 Å². The fourth-order valence-electron chi connectivity index (χ4n) is 1.42. The first-order valence-electron chi connectivity index (χ1n) is 5.93. The Kier molecular flexibility index (Phi) is 8.50. The summed E-state index contributed by atoms with van der Waals surface area (Å²) < 4.78 is 0. The minimum Gasteiger partial charge on any atom is -0.316 e. The minimum absolute atomic E-state index is 0.587. The van der Waals surface area contributed by atoms with Crippen LogP contribution in [-0.4, -0.2) is 6.61 Å². The molecule has 16 heavy (non-hydrogen) atoms. The van der Waals surface area contributed by atoms with E-state index < -0.39 is 0 Å². The summed E-state index contributed by atoms with van der Waals surface area (Å²) in [6.45, 7) is 0.587. The van der Waals surface area contributed by atoms with Crippen LogP contribution in [0.25, 0.3) is 0 Å². The van der Waals surface area contributed by atoms with Crippen molar-refractivity contribution in [1.29, 1.82) is 0 Å². The molecule has 90 valence electrons. The van der Waals surface area contributed by atoms with Crippen LogP contribution in [0.2, 0.25) is 0 Å². The lowest BCUT2D eigenvalue weighted by Gasteiger charge is -2.01. The predicted molar refractivity (Wildman–Crippen MR) is 63.2 cm³/mol. The van der Waals surface area contributed by atoms with Crippen molar-refractivity contribution in [1.82, 2.24) is 0 Å². The Morgan fingerprint density at radius 1 is 0.750 bits per heavy atom. The summed E-state index contributed by atoms with van der Waals surface area (Å²) in [4.78, 5) is 9.48. The van der Waals surface area contributed by atoms with Crippen molar-refractivity contribution >= 4 is 0 Å². The average molecular weight is 224 g/mol. The van der Waals surface area contributed by atoms with E-state index in [2.05, 4.69) is 16.0 Å². The third kappa shape index (κ3) is 8.26. The van der Waals surface area contributed by atoms with E-state index in [1.807, 2.05) is 18.2 Å². The first-order chi connectivity index (χ1) is 8.00. The molecule has 1 rings (SSSR count). The molecule has 0 atom stereocenters. The molecule has 0 saturated carbocycles. The summed E-state index contributed by atoms with van der Waals surface area (Å²) in [5.74, 6) is 0. The van der Waals surface area contributed by atoms with Gasteiger partial charge in [-0.25, -0.2) is 0 Å². The van der Waals surface area contributed by atoms with Crippen LogP contribution in [0.5, 0.6) is 0 Å². The molecule has 0 aromatic carbocycles. The van der Waals surface area contributed by atoms with E-state index in [-0.39, 0.29) is 0 Å². The van der Waals surface area contributed by atoms with Crippen molar-refractivity contribution in [3.63, 3.8) is 0 Å². The lowest BCUT2D eigenvalue weighted by atomic mass is 10.1. The van der Waals surface area contributed by atoms with Gasteiger partial charge < -0.3 is 4.89 Å². The van der Waals surface area contributed by atoms with Gasteiger partial charge in [0, 0.05) is 0 Å². The maximum atomic E-state index is 4.82. The topological polar surface area (TPSA) is 27.7 Å². The summed E-state index contributed by atoms with van der Waals surface area (Å²) in [6.07, 6.45) is 18.4. The number of hydrogen-bond donors (Lipinski definition) is 0. The Hall–Kier alpha value is -1.06. The van der Waals surface area contributed by atoms with Crippen LogP contribution in [0.15, 0.2) is 36.6 Å². The van der Waals surface area contributed by atoms with E-state index in [1.54, 1.807) is 6.08 Å². The molecule has 0 spiro atoms. The van der Waals surface area contributed by atoms with Crippen molar-refractivity contribution in [2.45, 2.75) is 38.5 Å². The molecule has 0 N–H and O–H groups in total. The molecule has 0 aliphatic carbocycles. The Morgan fingerprint density at radius 2 is 1.56 bits per heavy atom. The van der Waals surface area contributed by atoms with Gasteiger partial charge in [0.25, 0.3) is 0 Å². The van der Waals surface area contributed by atoms with Gasteiger partial charge in [0.2, 0.25) is 0 Å². The van der Waals surface area contributed by atoms with E-state index in [0.29, 0.717) is 6.61 Å². The molecule has 1 aliphatic heterocycles. The van der Waals surface area contributed by atoms with Crippen molar-refractivity contribution in [3.8, 4) is 0 Å². The van der Waals surface area contributed by atoms with Gasteiger partial charge in [-0.15, -0.1) is 0 Å². The van der Waals surface area contributed by atoms with E-state index in [0.717, 1.165) is 12.8 Å². The van der Waals surface area contributed by atoms with Crippen LogP contribution < -0.4 is 0 Å². The van der Waals surface area contributed by atoms with E-state index in [1.165, 1.54) is 31.9 Å².